The summed E-state index contributed by atoms with van der Waals surface area (Å²) in [7, 11) is 0. The maximum Gasteiger partial charge on any atom is 0.293 e. The molecule has 36 heavy (non-hydrogen) atoms. The highest BCUT2D eigenvalue weighted by atomic mass is 35.5. The highest BCUT2D eigenvalue weighted by Crippen LogP contribution is 2.39. The van der Waals surface area contributed by atoms with Gasteiger partial charge >= 0.3 is 0 Å². The summed E-state index contributed by atoms with van der Waals surface area (Å²) < 4.78 is 0. The first-order valence-corrected chi connectivity index (χ1v) is 11.4. The number of hydrogen-bond donors (Lipinski definition) is 4. The van der Waals surface area contributed by atoms with Crippen LogP contribution in [-0.4, -0.2) is 43.1 Å². The van der Waals surface area contributed by atoms with Crippen molar-refractivity contribution in [2.45, 2.75) is 20.3 Å². The zero-order valence-electron chi connectivity index (χ0n) is 19.4. The van der Waals surface area contributed by atoms with E-state index in [1.54, 1.807) is 6.07 Å². The molecule has 4 N–H and O–H groups in total. The molecule has 0 saturated carbocycles. The molecule has 2 heterocycles. The molecule has 11 heteroatoms. The molecule has 1 aliphatic rings. The quantitative estimate of drug-likeness (QED) is 0.233. The van der Waals surface area contributed by atoms with Crippen LogP contribution in [0.1, 0.15) is 16.7 Å². The normalized spacial score (nSPS) is 14.1. The fraction of sp³-hybridized carbons (Fsp3) is 0.120. The third-order valence-electron chi connectivity index (χ3n) is 5.90. The van der Waals surface area contributed by atoms with Crippen molar-refractivity contribution in [2.24, 2.45) is 10.2 Å². The van der Waals surface area contributed by atoms with Gasteiger partial charge in [0, 0.05) is 22.6 Å². The van der Waals surface area contributed by atoms with E-state index in [0.717, 1.165) is 22.3 Å². The lowest BCUT2D eigenvalue weighted by atomic mass is 10.0. The number of phenols is 1. The Hall–Kier alpha value is -4.57. The molecule has 10 nitrogen and oxygen atoms in total. The van der Waals surface area contributed by atoms with Crippen LogP contribution in [0, 0.1) is 13.8 Å². The third kappa shape index (κ3) is 4.66. The first kappa shape index (κ1) is 23.2. The molecular formula is C25H21ClN8O2. The average Bonchev–Trinajstić information content (AvgIpc) is 3.52. The van der Waals surface area contributed by atoms with Crippen LogP contribution in [0.4, 0.5) is 5.69 Å². The molecule has 0 saturated heterocycles. The number of H-pyrrole nitrogens is 1. The maximum atomic E-state index is 12.4. The minimum atomic E-state index is -0.430. The zero-order chi connectivity index (χ0) is 25.2. The van der Waals surface area contributed by atoms with Gasteiger partial charge in [-0.2, -0.15) is 10.2 Å². The number of hydrazone groups is 2. The number of aryl methyl sites for hydroxylation is 2. The van der Waals surface area contributed by atoms with E-state index >= 15 is 0 Å². The molecule has 5 rings (SSSR count). The molecule has 1 aliphatic heterocycles. The van der Waals surface area contributed by atoms with E-state index < -0.39 is 5.91 Å². The monoisotopic (exact) mass is 500 g/mol. The molecule has 0 bridgehead atoms. The van der Waals surface area contributed by atoms with Crippen molar-refractivity contribution in [3.05, 3.63) is 76.3 Å². The molecule has 0 unspecified atom stereocenters. The van der Waals surface area contributed by atoms with Gasteiger partial charge in [0.1, 0.15) is 11.4 Å². The summed E-state index contributed by atoms with van der Waals surface area (Å²) in [5.74, 6) is 0.0348. The van der Waals surface area contributed by atoms with Crippen LogP contribution in [0.2, 0.25) is 5.02 Å². The lowest BCUT2D eigenvalue weighted by molar-refractivity contribution is -0.114. The number of amides is 1. The summed E-state index contributed by atoms with van der Waals surface area (Å²) in [5, 5.41) is 33.5. The van der Waals surface area contributed by atoms with Crippen molar-refractivity contribution in [2.75, 3.05) is 5.43 Å². The fourth-order valence-corrected chi connectivity index (χ4v) is 4.03. The second-order valence-corrected chi connectivity index (χ2v) is 8.78. The van der Waals surface area contributed by atoms with E-state index in [-0.39, 0.29) is 17.1 Å². The van der Waals surface area contributed by atoms with E-state index in [1.807, 2.05) is 50.2 Å². The Morgan fingerprint density at radius 3 is 2.53 bits per heavy atom. The van der Waals surface area contributed by atoms with Gasteiger partial charge in [0.05, 0.1) is 5.71 Å². The summed E-state index contributed by atoms with van der Waals surface area (Å²) in [4.78, 5) is 12.4. The average molecular weight is 501 g/mol. The van der Waals surface area contributed by atoms with E-state index in [0.29, 0.717) is 28.5 Å². The lowest BCUT2D eigenvalue weighted by Crippen LogP contribution is -2.25. The molecule has 0 aliphatic carbocycles. The highest BCUT2D eigenvalue weighted by molar-refractivity contribution is 6.69. The molecule has 1 aromatic heterocycles. The summed E-state index contributed by atoms with van der Waals surface area (Å²) in [6.45, 7) is 4.08. The van der Waals surface area contributed by atoms with Crippen molar-refractivity contribution < 1.29 is 9.90 Å². The number of carbonyl (C=O) groups excluding carboxylic acids is 1. The number of anilines is 1. The SMILES string of the molecule is Cc1ccc(CC2=NNC(=O)C2=NNc2cc(Cl)cc(-c3ccc(-c4nnn[nH]4)cc3)c2O)cc1C. The van der Waals surface area contributed by atoms with Gasteiger partial charge in [-0.3, -0.25) is 10.2 Å². The number of nitrogens with one attached hydrogen (secondary N) is 3. The number of tetrazole rings is 1. The summed E-state index contributed by atoms with van der Waals surface area (Å²) in [5.41, 5.74) is 11.5. The van der Waals surface area contributed by atoms with Crippen LogP contribution in [0.3, 0.4) is 0 Å². The van der Waals surface area contributed by atoms with E-state index in [4.69, 9.17) is 11.6 Å². The first-order chi connectivity index (χ1) is 17.4. The number of phenolic OH excluding ortho intramolecular Hbond substituents is 1. The Bertz CT molecular complexity index is 1510. The molecule has 0 radical (unpaired) electrons. The van der Waals surface area contributed by atoms with Gasteiger partial charge in [-0.25, -0.2) is 10.5 Å². The summed E-state index contributed by atoms with van der Waals surface area (Å²) >= 11 is 6.34. The van der Waals surface area contributed by atoms with Crippen molar-refractivity contribution in [3.8, 4) is 28.3 Å². The Morgan fingerprint density at radius 1 is 1.03 bits per heavy atom. The molecular weight excluding hydrogens is 480 g/mol. The van der Waals surface area contributed by atoms with Crippen LogP contribution >= 0.6 is 11.6 Å². The summed E-state index contributed by atoms with van der Waals surface area (Å²) in [6, 6.07) is 16.6. The van der Waals surface area contributed by atoms with Crippen LogP contribution in [-0.2, 0) is 11.2 Å². The van der Waals surface area contributed by atoms with Crippen molar-refractivity contribution in [3.63, 3.8) is 0 Å². The second-order valence-electron chi connectivity index (χ2n) is 8.34. The number of aromatic nitrogens is 4. The topological polar surface area (TPSA) is 141 Å². The highest BCUT2D eigenvalue weighted by Gasteiger charge is 2.25. The van der Waals surface area contributed by atoms with E-state index in [2.05, 4.69) is 47.7 Å². The minimum absolute atomic E-state index is 0.0658. The maximum absolute atomic E-state index is 12.4. The van der Waals surface area contributed by atoms with Gasteiger partial charge in [-0.05, 0) is 58.7 Å². The van der Waals surface area contributed by atoms with Gasteiger partial charge in [-0.1, -0.05) is 54.1 Å². The molecule has 0 atom stereocenters. The number of aromatic hydroxyl groups is 1. The second kappa shape index (κ2) is 9.59. The van der Waals surface area contributed by atoms with Gasteiger partial charge in [0.15, 0.2) is 11.5 Å². The molecule has 3 aromatic carbocycles. The van der Waals surface area contributed by atoms with Crippen LogP contribution in [0.15, 0.2) is 64.8 Å². The third-order valence-corrected chi connectivity index (χ3v) is 6.12. The first-order valence-electron chi connectivity index (χ1n) is 11.0. The Balaban J connectivity index is 1.40. The van der Waals surface area contributed by atoms with Crippen molar-refractivity contribution >= 4 is 34.6 Å². The van der Waals surface area contributed by atoms with Gasteiger partial charge in [0.25, 0.3) is 5.91 Å². The van der Waals surface area contributed by atoms with Crippen molar-refractivity contribution in [1.29, 1.82) is 0 Å². The molecule has 0 spiro atoms. The van der Waals surface area contributed by atoms with Crippen LogP contribution < -0.4 is 10.9 Å². The number of aromatic amines is 1. The zero-order valence-corrected chi connectivity index (χ0v) is 20.1. The predicted molar refractivity (Wildman–Crippen MR) is 138 cm³/mol. The lowest BCUT2D eigenvalue weighted by Gasteiger charge is -2.12. The fourth-order valence-electron chi connectivity index (χ4n) is 3.81. The molecule has 1 amide bonds. The number of rotatable bonds is 6. The smallest absolute Gasteiger partial charge is 0.293 e. The van der Waals surface area contributed by atoms with Gasteiger partial charge < -0.3 is 5.11 Å². The number of hydrogen-bond acceptors (Lipinski definition) is 8. The van der Waals surface area contributed by atoms with Crippen LogP contribution in [0.25, 0.3) is 22.5 Å². The minimum Gasteiger partial charge on any atom is -0.505 e. The Kier molecular flexibility index (Phi) is 6.17. The number of benzene rings is 3. The Labute approximate surface area is 211 Å². The van der Waals surface area contributed by atoms with Crippen molar-refractivity contribution in [1.82, 2.24) is 26.0 Å². The number of carbonyl (C=O) groups is 1. The standard InChI is InChI=1S/C25H21ClN8O2/c1-13-3-4-15(9-14(13)2)10-20-22(25(36)32-27-20)29-28-21-12-18(26)11-19(23(21)35)16-5-7-17(8-6-16)24-30-33-34-31-24/h3-9,11-12,28,35H,10H2,1-2H3,(H,29,32,36)(H,30,31,33,34). The molecule has 0 fully saturated rings. The predicted octanol–water partition coefficient (Wildman–Crippen LogP) is 4.01. The molecule has 4 aromatic rings. The number of nitrogens with zero attached hydrogens (tertiary/aromatic N) is 5. The van der Waals surface area contributed by atoms with E-state index in [1.165, 1.54) is 11.6 Å². The Morgan fingerprint density at radius 2 is 1.81 bits per heavy atom. The van der Waals surface area contributed by atoms with E-state index in [9.17, 15) is 9.90 Å². The van der Waals surface area contributed by atoms with Gasteiger partial charge in [0.2, 0.25) is 0 Å². The number of halogens is 1. The largest absolute Gasteiger partial charge is 0.505 e. The van der Waals surface area contributed by atoms with Gasteiger partial charge in [-0.15, -0.1) is 5.10 Å². The summed E-state index contributed by atoms with van der Waals surface area (Å²) in [6.07, 6.45) is 0.431. The molecule has 180 valence electrons. The van der Waals surface area contributed by atoms with Crippen LogP contribution in [0.5, 0.6) is 5.75 Å².